The Hall–Kier alpha value is -1.13. The van der Waals surface area contributed by atoms with Crippen LogP contribution in [0.1, 0.15) is 45.1 Å². The van der Waals surface area contributed by atoms with Crippen molar-refractivity contribution in [3.8, 4) is 5.75 Å². The molecule has 0 amide bonds. The van der Waals surface area contributed by atoms with Gasteiger partial charge in [0.1, 0.15) is 11.6 Å². The molecule has 0 saturated heterocycles. The second kappa shape index (κ2) is 5.70. The summed E-state index contributed by atoms with van der Waals surface area (Å²) < 4.78 is 13.1. The summed E-state index contributed by atoms with van der Waals surface area (Å²) in [5.41, 5.74) is 0.341. The van der Waals surface area contributed by atoms with Crippen LogP contribution in [-0.4, -0.2) is 22.4 Å². The van der Waals surface area contributed by atoms with Crippen LogP contribution >= 0.6 is 0 Å². The molecule has 112 valence electrons. The van der Waals surface area contributed by atoms with Gasteiger partial charge in [-0.15, -0.1) is 0 Å². The monoisotopic (exact) mass is 281 g/mol. The minimum atomic E-state index is -0.662. The summed E-state index contributed by atoms with van der Waals surface area (Å²) in [5.74, 6) is -0.514. The molecule has 0 aromatic heterocycles. The van der Waals surface area contributed by atoms with Crippen LogP contribution < -0.4 is 5.32 Å². The van der Waals surface area contributed by atoms with Crippen LogP contribution in [0.2, 0.25) is 0 Å². The Balaban J connectivity index is 1.83. The van der Waals surface area contributed by atoms with Crippen molar-refractivity contribution in [2.45, 2.75) is 51.7 Å². The molecule has 0 radical (unpaired) electrons. The number of benzene rings is 1. The van der Waals surface area contributed by atoms with Gasteiger partial charge >= 0.3 is 0 Å². The maximum absolute atomic E-state index is 13.1. The lowest BCUT2D eigenvalue weighted by Crippen LogP contribution is -2.44. The van der Waals surface area contributed by atoms with Crippen molar-refractivity contribution < 1.29 is 14.6 Å². The zero-order chi connectivity index (χ0) is 14.8. The molecule has 2 rings (SSSR count). The van der Waals surface area contributed by atoms with Crippen molar-refractivity contribution in [2.24, 2.45) is 5.41 Å². The Morgan fingerprint density at radius 1 is 1.15 bits per heavy atom. The van der Waals surface area contributed by atoms with E-state index in [1.807, 2.05) is 0 Å². The van der Waals surface area contributed by atoms with E-state index in [9.17, 15) is 14.6 Å². The fourth-order valence-electron chi connectivity index (χ4n) is 2.74. The average molecular weight is 281 g/mol. The predicted molar refractivity (Wildman–Crippen MR) is 77.0 cm³/mol. The predicted octanol–water partition coefficient (Wildman–Crippen LogP) is 2.95. The van der Waals surface area contributed by atoms with Gasteiger partial charge in [0, 0.05) is 19.2 Å². The third kappa shape index (κ3) is 4.18. The van der Waals surface area contributed by atoms with E-state index in [1.54, 1.807) is 0 Å². The maximum atomic E-state index is 13.1. The lowest BCUT2D eigenvalue weighted by molar-refractivity contribution is -0.0245. The molecule has 1 aliphatic carbocycles. The summed E-state index contributed by atoms with van der Waals surface area (Å²) in [5, 5.41) is 23.0. The van der Waals surface area contributed by atoms with Gasteiger partial charge in [0.15, 0.2) is 0 Å². The van der Waals surface area contributed by atoms with Gasteiger partial charge in [-0.1, -0.05) is 13.8 Å². The highest BCUT2D eigenvalue weighted by Crippen LogP contribution is 2.39. The second-order valence-electron chi connectivity index (χ2n) is 6.81. The van der Waals surface area contributed by atoms with Gasteiger partial charge in [-0.25, -0.2) is 4.39 Å². The molecule has 20 heavy (non-hydrogen) atoms. The number of aromatic hydroxyl groups is 1. The van der Waals surface area contributed by atoms with Crippen LogP contribution in [0.3, 0.4) is 0 Å². The second-order valence-corrected chi connectivity index (χ2v) is 6.81. The fraction of sp³-hybridized carbons (Fsp3) is 0.625. The van der Waals surface area contributed by atoms with Crippen molar-refractivity contribution >= 4 is 0 Å². The number of hydrogen-bond acceptors (Lipinski definition) is 3. The standard InChI is InChI=1S/C16H24FNO2/c1-15(2)3-5-16(20,6-4-15)11-18-10-12-7-13(17)9-14(19)8-12/h7-9,18-20H,3-6,10-11H2,1-2H3. The van der Waals surface area contributed by atoms with E-state index >= 15 is 0 Å². The molecule has 3 nitrogen and oxygen atoms in total. The van der Waals surface area contributed by atoms with E-state index in [4.69, 9.17) is 0 Å². The largest absolute Gasteiger partial charge is 0.508 e. The minimum absolute atomic E-state index is 0.0695. The summed E-state index contributed by atoms with van der Waals surface area (Å²) >= 11 is 0. The average Bonchev–Trinajstić information content (AvgIpc) is 2.33. The smallest absolute Gasteiger partial charge is 0.127 e. The van der Waals surface area contributed by atoms with Gasteiger partial charge < -0.3 is 15.5 Å². The lowest BCUT2D eigenvalue weighted by Gasteiger charge is -2.40. The van der Waals surface area contributed by atoms with Gasteiger partial charge in [0.05, 0.1) is 5.60 Å². The first-order chi connectivity index (χ1) is 9.28. The molecule has 0 atom stereocenters. The Bertz CT molecular complexity index is 443. The van der Waals surface area contributed by atoms with Gasteiger partial charge in [0.2, 0.25) is 0 Å². The summed E-state index contributed by atoms with van der Waals surface area (Å²) in [6, 6.07) is 4.01. The Morgan fingerprint density at radius 2 is 1.80 bits per heavy atom. The highest BCUT2D eigenvalue weighted by molar-refractivity contribution is 5.28. The van der Waals surface area contributed by atoms with Crippen LogP contribution in [0, 0.1) is 11.2 Å². The van der Waals surface area contributed by atoms with Gasteiger partial charge in [0.25, 0.3) is 0 Å². The number of aliphatic hydroxyl groups is 1. The minimum Gasteiger partial charge on any atom is -0.508 e. The van der Waals surface area contributed by atoms with Gasteiger partial charge in [-0.2, -0.15) is 0 Å². The van der Waals surface area contributed by atoms with E-state index in [-0.39, 0.29) is 5.75 Å². The summed E-state index contributed by atoms with van der Waals surface area (Å²) in [6.07, 6.45) is 3.63. The topological polar surface area (TPSA) is 52.5 Å². The van der Waals surface area contributed by atoms with Crippen molar-refractivity contribution in [1.29, 1.82) is 0 Å². The number of phenols is 1. The van der Waals surface area contributed by atoms with Crippen LogP contribution in [0.15, 0.2) is 18.2 Å². The first kappa shape index (κ1) is 15.3. The van der Waals surface area contributed by atoms with E-state index in [0.717, 1.165) is 31.7 Å². The molecule has 1 saturated carbocycles. The first-order valence-corrected chi connectivity index (χ1v) is 7.20. The van der Waals surface area contributed by atoms with Crippen LogP contribution in [0.4, 0.5) is 4.39 Å². The molecule has 1 aromatic carbocycles. The third-order valence-corrected chi connectivity index (χ3v) is 4.26. The molecule has 1 fully saturated rings. The SMILES string of the molecule is CC1(C)CCC(O)(CNCc2cc(O)cc(F)c2)CC1. The number of phenolic OH excluding ortho intramolecular Hbond substituents is 1. The Kier molecular flexibility index (Phi) is 4.35. The highest BCUT2D eigenvalue weighted by atomic mass is 19.1. The van der Waals surface area contributed by atoms with Crippen LogP contribution in [-0.2, 0) is 6.54 Å². The molecule has 4 heteroatoms. The Morgan fingerprint density at radius 3 is 2.40 bits per heavy atom. The van der Waals surface area contributed by atoms with Crippen molar-refractivity contribution in [3.63, 3.8) is 0 Å². The molecular formula is C16H24FNO2. The molecule has 0 spiro atoms. The van der Waals surface area contributed by atoms with E-state index < -0.39 is 11.4 Å². The molecule has 0 aliphatic heterocycles. The van der Waals surface area contributed by atoms with E-state index in [0.29, 0.717) is 24.1 Å². The van der Waals surface area contributed by atoms with Crippen LogP contribution in [0.25, 0.3) is 0 Å². The normalized spacial score (nSPS) is 20.8. The lowest BCUT2D eigenvalue weighted by atomic mass is 9.71. The summed E-state index contributed by atoms with van der Waals surface area (Å²) in [4.78, 5) is 0. The molecule has 0 bridgehead atoms. The third-order valence-electron chi connectivity index (χ3n) is 4.26. The number of rotatable bonds is 4. The summed E-state index contributed by atoms with van der Waals surface area (Å²) in [7, 11) is 0. The molecule has 0 heterocycles. The van der Waals surface area contributed by atoms with Crippen molar-refractivity contribution in [2.75, 3.05) is 6.54 Å². The number of nitrogens with one attached hydrogen (secondary N) is 1. The molecule has 0 unspecified atom stereocenters. The molecule has 1 aromatic rings. The van der Waals surface area contributed by atoms with Gasteiger partial charge in [-0.05, 0) is 48.8 Å². The fourth-order valence-corrected chi connectivity index (χ4v) is 2.74. The molecular weight excluding hydrogens is 257 g/mol. The zero-order valence-corrected chi connectivity index (χ0v) is 12.2. The molecule has 3 N–H and O–H groups in total. The van der Waals surface area contributed by atoms with Gasteiger partial charge in [-0.3, -0.25) is 0 Å². The highest BCUT2D eigenvalue weighted by Gasteiger charge is 2.36. The molecule has 1 aliphatic rings. The van der Waals surface area contributed by atoms with Crippen molar-refractivity contribution in [3.05, 3.63) is 29.6 Å². The number of halogens is 1. The quantitative estimate of drug-likeness (QED) is 0.795. The maximum Gasteiger partial charge on any atom is 0.127 e. The first-order valence-electron chi connectivity index (χ1n) is 7.20. The van der Waals surface area contributed by atoms with E-state index in [1.165, 1.54) is 12.1 Å². The van der Waals surface area contributed by atoms with E-state index in [2.05, 4.69) is 19.2 Å². The Labute approximate surface area is 119 Å². The zero-order valence-electron chi connectivity index (χ0n) is 12.2. The van der Waals surface area contributed by atoms with Crippen molar-refractivity contribution in [1.82, 2.24) is 5.32 Å². The van der Waals surface area contributed by atoms with Crippen LogP contribution in [0.5, 0.6) is 5.75 Å². The summed E-state index contributed by atoms with van der Waals surface area (Å²) in [6.45, 7) is 5.41. The number of hydrogen-bond donors (Lipinski definition) is 3.